The van der Waals surface area contributed by atoms with E-state index in [4.69, 9.17) is 52.1 Å². The highest BCUT2D eigenvalue weighted by Gasteiger charge is 2.56. The van der Waals surface area contributed by atoms with E-state index < -0.39 is 110 Å². The van der Waals surface area contributed by atoms with E-state index >= 15 is 0 Å². The first-order valence-electron chi connectivity index (χ1n) is 26.3. The highest BCUT2D eigenvalue weighted by atomic mass is 16.8. The second-order valence-corrected chi connectivity index (χ2v) is 18.9. The number of carbonyl (C=O) groups is 7. The van der Waals surface area contributed by atoms with Crippen LogP contribution in [0.1, 0.15) is 69.1 Å². The van der Waals surface area contributed by atoms with Gasteiger partial charge in [-0.3, -0.25) is 4.79 Å². The van der Waals surface area contributed by atoms with Crippen LogP contribution >= 0.6 is 0 Å². The molecule has 2 aliphatic heterocycles. The van der Waals surface area contributed by atoms with Gasteiger partial charge in [-0.2, -0.15) is 0 Å². The predicted molar refractivity (Wildman–Crippen MR) is 294 cm³/mol. The fourth-order valence-electron chi connectivity index (χ4n) is 9.21. The van der Waals surface area contributed by atoms with Crippen LogP contribution < -0.4 is 9.47 Å². The largest absolute Gasteiger partial charge is 0.461 e. The zero-order valence-corrected chi connectivity index (χ0v) is 44.2. The van der Waals surface area contributed by atoms with E-state index in [0.29, 0.717) is 22.1 Å². The normalized spacial score (nSPS) is 21.0. The van der Waals surface area contributed by atoms with Gasteiger partial charge in [-0.15, -0.1) is 0 Å². The van der Waals surface area contributed by atoms with Crippen LogP contribution in [-0.4, -0.2) is 110 Å². The first-order valence-corrected chi connectivity index (χ1v) is 26.3. The SMILES string of the molecule is CC(=O)OC1C(OC(=O)c2ccccc2)[C@H](Oc2ccc3cc(OC(=O)c4ccccc4)ccc3c2)OC[C@H]1O[C@@H]1OC(COC(=O)c2ccccc2)[C@H](OC(=O)c2ccccc2)C(OC(=O)c2ccccc2)C1OC(=O)c1ccccc1. The topological polar surface area (TPSA) is 221 Å². The Labute approximate surface area is 475 Å². The van der Waals surface area contributed by atoms with E-state index in [2.05, 4.69) is 0 Å². The molecule has 9 atom stereocenters. The molecule has 5 unspecified atom stereocenters. The highest BCUT2D eigenvalue weighted by molar-refractivity contribution is 5.94. The molecule has 0 amide bonds. The Bertz CT molecular complexity index is 3550. The number of esters is 7. The molecule has 0 saturated carbocycles. The molecule has 0 N–H and O–H groups in total. The van der Waals surface area contributed by atoms with Crippen LogP contribution in [0.15, 0.2) is 218 Å². The standard InChI is InChI=1S/C65H52O18/c1-40(66)75-54-52(39-74-64(56(54)82-62(71)45-28-16-6-17-29-45)77-50-35-33-47-36-49(34-32-48(47)37-50)76-59(68)42-22-10-3-11-23-42)79-65-57(83-63(72)46-30-18-7-19-31-46)55(81-61(70)44-26-14-5-15-27-44)53(80-60(69)43-24-12-4-13-25-43)51(78-65)38-73-58(67)41-20-8-2-9-21-41/h2-37,51-57,64-65H,38-39H2,1H3/t51?,52-,53+,54?,55?,56?,57?,64+,65+/m1/s1. The maximum atomic E-state index is 14.3. The summed E-state index contributed by atoms with van der Waals surface area (Å²) in [6, 6.07) is 58.0. The van der Waals surface area contributed by atoms with Gasteiger partial charge in [-0.05, 0) is 108 Å². The van der Waals surface area contributed by atoms with Gasteiger partial charge in [-0.1, -0.05) is 121 Å². The Balaban J connectivity index is 1.01. The highest BCUT2D eigenvalue weighted by Crippen LogP contribution is 2.36. The molecule has 420 valence electrons. The van der Waals surface area contributed by atoms with Crippen molar-refractivity contribution in [2.75, 3.05) is 13.2 Å². The lowest BCUT2D eigenvalue weighted by Crippen LogP contribution is -2.65. The molecule has 2 saturated heterocycles. The third kappa shape index (κ3) is 14.1. The van der Waals surface area contributed by atoms with E-state index in [1.165, 1.54) is 60.7 Å². The van der Waals surface area contributed by atoms with Crippen LogP contribution in [0.2, 0.25) is 0 Å². The van der Waals surface area contributed by atoms with Gasteiger partial charge in [0.05, 0.1) is 40.0 Å². The number of benzene rings is 8. The first-order chi connectivity index (χ1) is 40.4. The number of hydrogen-bond acceptors (Lipinski definition) is 18. The van der Waals surface area contributed by atoms with Gasteiger partial charge in [0.1, 0.15) is 30.3 Å². The molecule has 18 heteroatoms. The number of rotatable bonds is 18. The maximum Gasteiger partial charge on any atom is 0.343 e. The van der Waals surface area contributed by atoms with Crippen molar-refractivity contribution >= 4 is 52.6 Å². The summed E-state index contributed by atoms with van der Waals surface area (Å²) >= 11 is 0. The summed E-state index contributed by atoms with van der Waals surface area (Å²) in [6.07, 6.45) is -15.1. The molecule has 0 spiro atoms. The molecule has 0 aromatic heterocycles. The van der Waals surface area contributed by atoms with Gasteiger partial charge in [0.15, 0.2) is 30.7 Å². The molecule has 0 bridgehead atoms. The van der Waals surface area contributed by atoms with Gasteiger partial charge in [0, 0.05) is 6.92 Å². The van der Waals surface area contributed by atoms with E-state index in [0.717, 1.165) is 6.92 Å². The number of hydrogen-bond donors (Lipinski definition) is 0. The lowest BCUT2D eigenvalue weighted by Gasteiger charge is -2.47. The Hall–Kier alpha value is -10.0. The molecule has 0 radical (unpaired) electrons. The molecule has 2 fully saturated rings. The summed E-state index contributed by atoms with van der Waals surface area (Å²) in [5.74, 6) is -5.40. The summed E-state index contributed by atoms with van der Waals surface area (Å²) in [5.41, 5.74) is 0.817. The van der Waals surface area contributed by atoms with Gasteiger partial charge in [0.2, 0.25) is 12.4 Å². The van der Waals surface area contributed by atoms with Crippen molar-refractivity contribution in [1.29, 1.82) is 0 Å². The summed E-state index contributed by atoms with van der Waals surface area (Å²) in [4.78, 5) is 96.8. The van der Waals surface area contributed by atoms with Crippen LogP contribution in [0, 0.1) is 0 Å². The number of ether oxygens (including phenoxy) is 11. The molecule has 8 aromatic carbocycles. The fourth-order valence-corrected chi connectivity index (χ4v) is 9.21. The molecule has 2 aliphatic rings. The molecular weight excluding hydrogens is 1070 g/mol. The van der Waals surface area contributed by atoms with Crippen LogP contribution in [-0.2, 0) is 47.4 Å². The third-order valence-electron chi connectivity index (χ3n) is 13.2. The zero-order chi connectivity index (χ0) is 57.7. The van der Waals surface area contributed by atoms with Crippen molar-refractivity contribution in [3.05, 3.63) is 252 Å². The average molecular weight is 1120 g/mol. The minimum atomic E-state index is -1.89. The summed E-state index contributed by atoms with van der Waals surface area (Å²) in [6.45, 7) is -0.0527. The van der Waals surface area contributed by atoms with Crippen molar-refractivity contribution in [3.8, 4) is 11.5 Å². The van der Waals surface area contributed by atoms with Crippen molar-refractivity contribution in [2.24, 2.45) is 0 Å². The van der Waals surface area contributed by atoms with Gasteiger partial charge >= 0.3 is 41.8 Å². The number of carbonyl (C=O) groups excluding carboxylic acids is 7. The van der Waals surface area contributed by atoms with Crippen molar-refractivity contribution in [2.45, 2.75) is 62.2 Å². The second-order valence-electron chi connectivity index (χ2n) is 18.9. The minimum absolute atomic E-state index is 0.0448. The lowest BCUT2D eigenvalue weighted by atomic mass is 9.97. The molecular formula is C65H52O18. The third-order valence-corrected chi connectivity index (χ3v) is 13.2. The molecule has 8 aromatic rings. The van der Waals surface area contributed by atoms with E-state index in [1.54, 1.807) is 158 Å². The van der Waals surface area contributed by atoms with Gasteiger partial charge < -0.3 is 52.1 Å². The van der Waals surface area contributed by atoms with Crippen LogP contribution in [0.3, 0.4) is 0 Å². The van der Waals surface area contributed by atoms with E-state index in [1.807, 2.05) is 0 Å². The molecule has 10 rings (SSSR count). The molecule has 2 heterocycles. The Morgan fingerprint density at radius 1 is 0.398 bits per heavy atom. The average Bonchev–Trinajstić information content (AvgIpc) is 3.54. The van der Waals surface area contributed by atoms with Crippen LogP contribution in [0.4, 0.5) is 0 Å². The quantitative estimate of drug-likeness (QED) is 0.0443. The van der Waals surface area contributed by atoms with E-state index in [-0.39, 0.29) is 33.6 Å². The maximum absolute atomic E-state index is 14.3. The summed E-state index contributed by atoms with van der Waals surface area (Å²) < 4.78 is 68.5. The Kier molecular flexibility index (Phi) is 18.0. The Morgan fingerprint density at radius 3 is 1.24 bits per heavy atom. The zero-order valence-electron chi connectivity index (χ0n) is 44.2. The van der Waals surface area contributed by atoms with Crippen molar-refractivity contribution in [3.63, 3.8) is 0 Å². The smallest absolute Gasteiger partial charge is 0.343 e. The molecule has 18 nitrogen and oxygen atoms in total. The number of fused-ring (bicyclic) bond motifs is 1. The summed E-state index contributed by atoms with van der Waals surface area (Å²) in [7, 11) is 0. The van der Waals surface area contributed by atoms with Crippen molar-refractivity contribution in [1.82, 2.24) is 0 Å². The van der Waals surface area contributed by atoms with Crippen LogP contribution in [0.5, 0.6) is 11.5 Å². The van der Waals surface area contributed by atoms with Crippen molar-refractivity contribution < 1.29 is 85.7 Å². The molecule has 0 aliphatic carbocycles. The summed E-state index contributed by atoms with van der Waals surface area (Å²) in [5, 5.41) is 1.32. The predicted octanol–water partition coefficient (Wildman–Crippen LogP) is 9.60. The fraction of sp³-hybridized carbons (Fsp3) is 0.185. The van der Waals surface area contributed by atoms with E-state index in [9.17, 15) is 33.6 Å². The Morgan fingerprint density at radius 2 is 0.783 bits per heavy atom. The monoisotopic (exact) mass is 1120 g/mol. The first kappa shape index (κ1) is 56.3. The minimum Gasteiger partial charge on any atom is -0.461 e. The van der Waals surface area contributed by atoms with Gasteiger partial charge in [-0.25, -0.2) is 28.8 Å². The van der Waals surface area contributed by atoms with Gasteiger partial charge in [0.25, 0.3) is 0 Å². The second kappa shape index (κ2) is 26.5. The lowest BCUT2D eigenvalue weighted by molar-refractivity contribution is -0.336. The molecule has 83 heavy (non-hydrogen) atoms. The van der Waals surface area contributed by atoms with Crippen LogP contribution in [0.25, 0.3) is 10.8 Å².